The van der Waals surface area contributed by atoms with E-state index in [1.54, 1.807) is 7.11 Å². The van der Waals surface area contributed by atoms with Crippen molar-refractivity contribution in [1.82, 2.24) is 9.88 Å². The minimum atomic E-state index is 0. The van der Waals surface area contributed by atoms with Crippen molar-refractivity contribution in [3.05, 3.63) is 53.2 Å². The first kappa shape index (κ1) is 18.6. The van der Waals surface area contributed by atoms with Crippen LogP contribution in [0.3, 0.4) is 0 Å². The van der Waals surface area contributed by atoms with E-state index < -0.39 is 0 Å². The Morgan fingerprint density at radius 2 is 1.71 bits per heavy atom. The van der Waals surface area contributed by atoms with Gasteiger partial charge < -0.3 is 9.64 Å². The number of piperazine rings is 1. The third kappa shape index (κ3) is 4.19. The van der Waals surface area contributed by atoms with Crippen molar-refractivity contribution >= 4 is 18.2 Å². The van der Waals surface area contributed by atoms with Gasteiger partial charge in [0.15, 0.2) is 0 Å². The molecule has 1 aromatic carbocycles. The van der Waals surface area contributed by atoms with Gasteiger partial charge in [-0.1, -0.05) is 18.2 Å². The molecule has 1 aliphatic heterocycles. The maximum atomic E-state index is 5.46. The standard InChI is InChI=1S/C19H25N3O.ClH/c1-15-12-17(13-16(2)19(15)23-3)14-21-8-10-22(11-9-21)18-6-4-5-7-20-18;/h4-7,12-13H,8-11,14H2,1-3H3;1H. The summed E-state index contributed by atoms with van der Waals surface area (Å²) in [6, 6.07) is 10.6. The number of anilines is 1. The number of aryl methyl sites for hydroxylation is 2. The van der Waals surface area contributed by atoms with Gasteiger partial charge in [0.05, 0.1) is 7.11 Å². The molecule has 2 aromatic rings. The summed E-state index contributed by atoms with van der Waals surface area (Å²) < 4.78 is 5.46. The normalized spacial score (nSPS) is 15.0. The van der Waals surface area contributed by atoms with E-state index in [1.807, 2.05) is 12.3 Å². The van der Waals surface area contributed by atoms with Crippen LogP contribution in [-0.2, 0) is 6.54 Å². The molecule has 0 radical (unpaired) electrons. The smallest absolute Gasteiger partial charge is 0.128 e. The predicted molar refractivity (Wildman–Crippen MR) is 101 cm³/mol. The Labute approximate surface area is 150 Å². The second kappa shape index (κ2) is 8.36. The van der Waals surface area contributed by atoms with Gasteiger partial charge in [-0.2, -0.15) is 0 Å². The van der Waals surface area contributed by atoms with Crippen LogP contribution in [0.5, 0.6) is 5.75 Å². The van der Waals surface area contributed by atoms with Gasteiger partial charge in [0.1, 0.15) is 11.6 Å². The summed E-state index contributed by atoms with van der Waals surface area (Å²) in [6.07, 6.45) is 1.87. The van der Waals surface area contributed by atoms with Gasteiger partial charge in [0.2, 0.25) is 0 Å². The molecular formula is C19H26ClN3O. The third-order valence-corrected chi connectivity index (χ3v) is 4.48. The van der Waals surface area contributed by atoms with Gasteiger partial charge in [-0.15, -0.1) is 12.4 Å². The van der Waals surface area contributed by atoms with E-state index in [0.29, 0.717) is 0 Å². The van der Waals surface area contributed by atoms with Crippen molar-refractivity contribution in [2.75, 3.05) is 38.2 Å². The zero-order valence-electron chi connectivity index (χ0n) is 14.7. The number of rotatable bonds is 4. The van der Waals surface area contributed by atoms with Crippen molar-refractivity contribution in [2.24, 2.45) is 0 Å². The molecule has 1 aromatic heterocycles. The number of hydrogen-bond acceptors (Lipinski definition) is 4. The monoisotopic (exact) mass is 347 g/mol. The highest BCUT2D eigenvalue weighted by Gasteiger charge is 2.18. The lowest BCUT2D eigenvalue weighted by Crippen LogP contribution is -2.46. The molecule has 5 heteroatoms. The molecule has 0 saturated carbocycles. The molecular weight excluding hydrogens is 322 g/mol. The molecule has 1 aliphatic rings. The molecule has 2 heterocycles. The highest BCUT2D eigenvalue weighted by atomic mass is 35.5. The largest absolute Gasteiger partial charge is 0.496 e. The number of aromatic nitrogens is 1. The summed E-state index contributed by atoms with van der Waals surface area (Å²) in [4.78, 5) is 9.32. The van der Waals surface area contributed by atoms with Crippen LogP contribution >= 0.6 is 12.4 Å². The molecule has 0 spiro atoms. The van der Waals surface area contributed by atoms with Crippen molar-refractivity contribution in [3.8, 4) is 5.75 Å². The molecule has 0 bridgehead atoms. The lowest BCUT2D eigenvalue weighted by atomic mass is 10.0. The van der Waals surface area contributed by atoms with Crippen LogP contribution < -0.4 is 9.64 Å². The predicted octanol–water partition coefficient (Wildman–Crippen LogP) is 3.45. The van der Waals surface area contributed by atoms with Crippen LogP contribution in [0.25, 0.3) is 0 Å². The van der Waals surface area contributed by atoms with Gasteiger partial charge >= 0.3 is 0 Å². The summed E-state index contributed by atoms with van der Waals surface area (Å²) in [5.74, 6) is 2.09. The number of hydrogen-bond donors (Lipinski definition) is 0. The molecule has 0 N–H and O–H groups in total. The molecule has 130 valence electrons. The SMILES string of the molecule is COc1c(C)cc(CN2CCN(c3ccccn3)CC2)cc1C.Cl. The number of benzene rings is 1. The number of pyridine rings is 1. The molecule has 0 aliphatic carbocycles. The van der Waals surface area contributed by atoms with Crippen molar-refractivity contribution in [3.63, 3.8) is 0 Å². The fourth-order valence-corrected chi connectivity index (χ4v) is 3.39. The minimum absolute atomic E-state index is 0. The number of halogens is 1. The molecule has 24 heavy (non-hydrogen) atoms. The van der Waals surface area contributed by atoms with Crippen LogP contribution in [0.2, 0.25) is 0 Å². The Hall–Kier alpha value is -1.78. The maximum absolute atomic E-state index is 5.46. The van der Waals surface area contributed by atoms with Crippen LogP contribution in [0.15, 0.2) is 36.5 Å². The Morgan fingerprint density at radius 1 is 1.04 bits per heavy atom. The summed E-state index contributed by atoms with van der Waals surface area (Å²) >= 11 is 0. The highest BCUT2D eigenvalue weighted by Crippen LogP contribution is 2.25. The first-order valence-electron chi connectivity index (χ1n) is 8.20. The minimum Gasteiger partial charge on any atom is -0.496 e. The first-order chi connectivity index (χ1) is 11.2. The number of nitrogens with zero attached hydrogens (tertiary/aromatic N) is 3. The molecule has 4 nitrogen and oxygen atoms in total. The van der Waals surface area contributed by atoms with Crippen molar-refractivity contribution in [1.29, 1.82) is 0 Å². The fraction of sp³-hybridized carbons (Fsp3) is 0.421. The number of ether oxygens (including phenoxy) is 1. The molecule has 0 unspecified atom stereocenters. The van der Waals surface area contributed by atoms with E-state index in [-0.39, 0.29) is 12.4 Å². The Morgan fingerprint density at radius 3 is 2.25 bits per heavy atom. The Kier molecular flexibility index (Phi) is 6.46. The van der Waals surface area contributed by atoms with E-state index in [0.717, 1.165) is 44.3 Å². The molecule has 1 fully saturated rings. The molecule has 0 atom stereocenters. The lowest BCUT2D eigenvalue weighted by Gasteiger charge is -2.35. The average molecular weight is 348 g/mol. The molecule has 0 amide bonds. The molecule has 3 rings (SSSR count). The van der Waals surface area contributed by atoms with E-state index in [1.165, 1.54) is 16.7 Å². The summed E-state index contributed by atoms with van der Waals surface area (Å²) in [5, 5.41) is 0. The second-order valence-electron chi connectivity index (χ2n) is 6.21. The van der Waals surface area contributed by atoms with Crippen LogP contribution in [0.4, 0.5) is 5.82 Å². The second-order valence-corrected chi connectivity index (χ2v) is 6.21. The van der Waals surface area contributed by atoms with Crippen LogP contribution in [0.1, 0.15) is 16.7 Å². The van der Waals surface area contributed by atoms with Gasteiger partial charge in [-0.05, 0) is 42.7 Å². The maximum Gasteiger partial charge on any atom is 0.128 e. The van der Waals surface area contributed by atoms with Gasteiger partial charge in [-0.25, -0.2) is 4.98 Å². The Bertz CT molecular complexity index is 632. The number of methoxy groups -OCH3 is 1. The first-order valence-corrected chi connectivity index (χ1v) is 8.20. The third-order valence-electron chi connectivity index (χ3n) is 4.48. The van der Waals surface area contributed by atoms with E-state index in [9.17, 15) is 0 Å². The van der Waals surface area contributed by atoms with Crippen molar-refractivity contribution in [2.45, 2.75) is 20.4 Å². The van der Waals surface area contributed by atoms with Crippen LogP contribution in [-0.4, -0.2) is 43.2 Å². The summed E-state index contributed by atoms with van der Waals surface area (Å²) in [6.45, 7) is 9.45. The Balaban J connectivity index is 0.00000208. The van der Waals surface area contributed by atoms with E-state index in [4.69, 9.17) is 4.74 Å². The molecule has 1 saturated heterocycles. The van der Waals surface area contributed by atoms with Crippen molar-refractivity contribution < 1.29 is 4.74 Å². The zero-order valence-corrected chi connectivity index (χ0v) is 15.5. The van der Waals surface area contributed by atoms with E-state index >= 15 is 0 Å². The van der Waals surface area contributed by atoms with E-state index in [2.05, 4.69) is 52.9 Å². The van der Waals surface area contributed by atoms with Gasteiger partial charge in [-0.3, -0.25) is 4.90 Å². The van der Waals surface area contributed by atoms with Gasteiger partial charge in [0, 0.05) is 38.9 Å². The average Bonchev–Trinajstić information content (AvgIpc) is 2.56. The lowest BCUT2D eigenvalue weighted by molar-refractivity contribution is 0.249. The highest BCUT2D eigenvalue weighted by molar-refractivity contribution is 5.85. The fourth-order valence-electron chi connectivity index (χ4n) is 3.39. The van der Waals surface area contributed by atoms with Gasteiger partial charge in [0.25, 0.3) is 0 Å². The summed E-state index contributed by atoms with van der Waals surface area (Å²) in [5.41, 5.74) is 3.80. The quantitative estimate of drug-likeness (QED) is 0.847. The topological polar surface area (TPSA) is 28.6 Å². The summed E-state index contributed by atoms with van der Waals surface area (Å²) in [7, 11) is 1.74. The van der Waals surface area contributed by atoms with Crippen LogP contribution in [0, 0.1) is 13.8 Å². The zero-order chi connectivity index (χ0) is 16.2.